The molecule has 6 nitrogen and oxygen atoms in total. The van der Waals surface area contributed by atoms with Gasteiger partial charge in [-0.15, -0.1) is 0 Å². The Morgan fingerprint density at radius 1 is 1.28 bits per heavy atom. The van der Waals surface area contributed by atoms with Crippen LogP contribution in [0.2, 0.25) is 0 Å². The number of fused-ring (bicyclic) bond motifs is 1. The molecule has 0 saturated carbocycles. The van der Waals surface area contributed by atoms with Gasteiger partial charge in [0, 0.05) is 10.9 Å². The van der Waals surface area contributed by atoms with E-state index in [-0.39, 0.29) is 11.4 Å². The summed E-state index contributed by atoms with van der Waals surface area (Å²) in [4.78, 5) is 25.9. The lowest BCUT2D eigenvalue weighted by Crippen LogP contribution is -2.22. The molecular formula is C19H22N4O2. The average molecular weight is 338 g/mol. The van der Waals surface area contributed by atoms with Gasteiger partial charge in [0.2, 0.25) is 0 Å². The van der Waals surface area contributed by atoms with Gasteiger partial charge >= 0.3 is 6.03 Å². The van der Waals surface area contributed by atoms with Crippen LogP contribution < -0.4 is 16.8 Å². The predicted molar refractivity (Wildman–Crippen MR) is 99.3 cm³/mol. The zero-order chi connectivity index (χ0) is 18.0. The van der Waals surface area contributed by atoms with Crippen LogP contribution >= 0.6 is 0 Å². The fraction of sp³-hybridized carbons (Fsp3) is 0.263. The lowest BCUT2D eigenvalue weighted by Gasteiger charge is -2.11. The van der Waals surface area contributed by atoms with E-state index in [1.807, 2.05) is 18.2 Å². The van der Waals surface area contributed by atoms with Gasteiger partial charge in [0.25, 0.3) is 5.91 Å². The highest BCUT2D eigenvalue weighted by Gasteiger charge is 2.17. The van der Waals surface area contributed by atoms with Gasteiger partial charge in [-0.2, -0.15) is 0 Å². The summed E-state index contributed by atoms with van der Waals surface area (Å²) in [6, 6.07) is 5.05. The highest BCUT2D eigenvalue weighted by atomic mass is 16.2. The van der Waals surface area contributed by atoms with Gasteiger partial charge in [-0.3, -0.25) is 10.1 Å². The maximum Gasteiger partial charge on any atom is 0.317 e. The van der Waals surface area contributed by atoms with E-state index in [0.29, 0.717) is 11.3 Å². The molecule has 3 rings (SSSR count). The standard InChI is InChI=1S/C19H22N4O2/c1-11-2-4-12(5-3-11)6-7-13-8-9-14-15(10-13)22-18(23-19(21)25)16(14)17(20)24/h2,4-5,8-11,22H,3,6-7H2,1H3,(H2,20,24)(H3,21,23,25). The van der Waals surface area contributed by atoms with E-state index < -0.39 is 11.9 Å². The summed E-state index contributed by atoms with van der Waals surface area (Å²) < 4.78 is 0. The Labute approximate surface area is 146 Å². The molecule has 0 fully saturated rings. The van der Waals surface area contributed by atoms with Gasteiger partial charge < -0.3 is 16.5 Å². The SMILES string of the molecule is CC1C=CC(CCc2ccc3c(C(N)=O)c(NC(N)=O)[nH]c3c2)=CC1. The number of anilines is 1. The van der Waals surface area contributed by atoms with Crippen LogP contribution in [-0.4, -0.2) is 16.9 Å². The first-order valence-electron chi connectivity index (χ1n) is 8.32. The molecule has 1 heterocycles. The van der Waals surface area contributed by atoms with E-state index in [0.717, 1.165) is 30.3 Å². The molecule has 25 heavy (non-hydrogen) atoms. The fourth-order valence-electron chi connectivity index (χ4n) is 3.12. The van der Waals surface area contributed by atoms with Crippen LogP contribution in [0, 0.1) is 5.92 Å². The molecule has 1 aliphatic carbocycles. The summed E-state index contributed by atoms with van der Waals surface area (Å²) in [6.07, 6.45) is 9.67. The predicted octanol–water partition coefficient (Wildman–Crippen LogP) is 3.21. The third-order valence-electron chi connectivity index (χ3n) is 4.45. The van der Waals surface area contributed by atoms with E-state index >= 15 is 0 Å². The van der Waals surface area contributed by atoms with E-state index in [1.165, 1.54) is 5.57 Å². The Morgan fingerprint density at radius 2 is 2.08 bits per heavy atom. The molecule has 6 N–H and O–H groups in total. The van der Waals surface area contributed by atoms with Crippen molar-refractivity contribution in [2.24, 2.45) is 17.4 Å². The van der Waals surface area contributed by atoms with Crippen molar-refractivity contribution < 1.29 is 9.59 Å². The molecule has 3 amide bonds. The van der Waals surface area contributed by atoms with Crippen LogP contribution in [-0.2, 0) is 6.42 Å². The van der Waals surface area contributed by atoms with Crippen molar-refractivity contribution in [2.75, 3.05) is 5.32 Å². The molecule has 2 aromatic rings. The number of aryl methyl sites for hydroxylation is 1. The van der Waals surface area contributed by atoms with E-state index in [1.54, 1.807) is 0 Å². The Kier molecular flexibility index (Phi) is 4.61. The fourth-order valence-corrected chi connectivity index (χ4v) is 3.12. The molecule has 0 bridgehead atoms. The summed E-state index contributed by atoms with van der Waals surface area (Å²) in [5.74, 6) is 0.232. The van der Waals surface area contributed by atoms with Crippen molar-refractivity contribution in [1.82, 2.24) is 4.98 Å². The number of rotatable bonds is 5. The number of carbonyl (C=O) groups is 2. The molecule has 6 heteroatoms. The van der Waals surface area contributed by atoms with E-state index in [2.05, 4.69) is 35.5 Å². The zero-order valence-electron chi connectivity index (χ0n) is 14.1. The number of H-pyrrole nitrogens is 1. The zero-order valence-corrected chi connectivity index (χ0v) is 14.1. The van der Waals surface area contributed by atoms with E-state index in [9.17, 15) is 9.59 Å². The minimum atomic E-state index is -0.750. The second-order valence-corrected chi connectivity index (χ2v) is 6.46. The van der Waals surface area contributed by atoms with Crippen LogP contribution in [0.5, 0.6) is 0 Å². The van der Waals surface area contributed by atoms with Crippen LogP contribution in [0.3, 0.4) is 0 Å². The highest BCUT2D eigenvalue weighted by molar-refractivity contribution is 6.12. The summed E-state index contributed by atoms with van der Waals surface area (Å²) in [5.41, 5.74) is 14.1. The van der Waals surface area contributed by atoms with Crippen molar-refractivity contribution in [3.63, 3.8) is 0 Å². The lowest BCUT2D eigenvalue weighted by molar-refractivity contribution is 0.100. The number of hydrogen-bond donors (Lipinski definition) is 4. The lowest BCUT2D eigenvalue weighted by atomic mass is 9.94. The number of carbonyl (C=O) groups excluding carboxylic acids is 2. The monoisotopic (exact) mass is 338 g/mol. The number of hydrogen-bond acceptors (Lipinski definition) is 2. The average Bonchev–Trinajstić information content (AvgIpc) is 2.90. The van der Waals surface area contributed by atoms with Crippen molar-refractivity contribution in [1.29, 1.82) is 0 Å². The largest absolute Gasteiger partial charge is 0.365 e. The van der Waals surface area contributed by atoms with Gasteiger partial charge in [0.05, 0.1) is 5.56 Å². The first kappa shape index (κ1) is 16.8. The number of aromatic amines is 1. The molecule has 0 aliphatic heterocycles. The van der Waals surface area contributed by atoms with Gasteiger partial charge in [-0.1, -0.05) is 42.9 Å². The number of allylic oxidation sites excluding steroid dienone is 4. The number of aromatic nitrogens is 1. The maximum atomic E-state index is 11.7. The van der Waals surface area contributed by atoms with Gasteiger partial charge in [-0.05, 0) is 36.8 Å². The van der Waals surface area contributed by atoms with Crippen molar-refractivity contribution in [2.45, 2.75) is 26.2 Å². The Morgan fingerprint density at radius 3 is 2.72 bits per heavy atom. The van der Waals surface area contributed by atoms with Crippen LogP contribution in [0.15, 0.2) is 42.0 Å². The van der Waals surface area contributed by atoms with Gasteiger partial charge in [0.1, 0.15) is 5.82 Å². The highest BCUT2D eigenvalue weighted by Crippen LogP contribution is 2.28. The normalized spacial score (nSPS) is 16.7. The molecule has 1 aromatic carbocycles. The first-order valence-corrected chi connectivity index (χ1v) is 8.32. The molecule has 1 unspecified atom stereocenters. The molecule has 130 valence electrons. The number of nitrogens with one attached hydrogen (secondary N) is 2. The quantitative estimate of drug-likeness (QED) is 0.670. The smallest absolute Gasteiger partial charge is 0.317 e. The Balaban J connectivity index is 1.83. The topological polar surface area (TPSA) is 114 Å². The van der Waals surface area contributed by atoms with Crippen molar-refractivity contribution in [3.8, 4) is 0 Å². The molecule has 0 saturated heterocycles. The summed E-state index contributed by atoms with van der Waals surface area (Å²) in [5, 5.41) is 3.09. The number of urea groups is 1. The number of benzene rings is 1. The molecule has 0 spiro atoms. The number of nitrogens with two attached hydrogens (primary N) is 2. The van der Waals surface area contributed by atoms with Gasteiger partial charge in [0.15, 0.2) is 0 Å². The molecular weight excluding hydrogens is 316 g/mol. The number of amides is 3. The van der Waals surface area contributed by atoms with E-state index in [4.69, 9.17) is 11.5 Å². The van der Waals surface area contributed by atoms with Crippen LogP contribution in [0.25, 0.3) is 10.9 Å². The second kappa shape index (κ2) is 6.84. The van der Waals surface area contributed by atoms with Crippen LogP contribution in [0.4, 0.5) is 10.6 Å². The molecule has 0 radical (unpaired) electrons. The third-order valence-corrected chi connectivity index (χ3v) is 4.45. The minimum absolute atomic E-state index is 0.235. The van der Waals surface area contributed by atoms with Crippen molar-refractivity contribution >= 4 is 28.7 Å². The maximum absolute atomic E-state index is 11.7. The second-order valence-electron chi connectivity index (χ2n) is 6.46. The van der Waals surface area contributed by atoms with Gasteiger partial charge in [-0.25, -0.2) is 4.79 Å². The molecule has 1 aromatic heterocycles. The molecule has 1 aliphatic rings. The minimum Gasteiger partial charge on any atom is -0.365 e. The van der Waals surface area contributed by atoms with Crippen LogP contribution in [0.1, 0.15) is 35.7 Å². The molecule has 1 atom stereocenters. The Hall–Kier alpha value is -3.02. The van der Waals surface area contributed by atoms with Crippen molar-refractivity contribution in [3.05, 3.63) is 53.1 Å². The first-order chi connectivity index (χ1) is 11.9. The number of primary amides is 2. The summed E-state index contributed by atoms with van der Waals surface area (Å²) in [7, 11) is 0. The summed E-state index contributed by atoms with van der Waals surface area (Å²) in [6.45, 7) is 2.21. The Bertz CT molecular complexity index is 892. The third kappa shape index (κ3) is 3.74. The summed E-state index contributed by atoms with van der Waals surface area (Å²) >= 11 is 0.